The summed E-state index contributed by atoms with van der Waals surface area (Å²) in [6, 6.07) is 10.8. The first-order chi connectivity index (χ1) is 39.4. The highest BCUT2D eigenvalue weighted by molar-refractivity contribution is 6.15. The zero-order chi connectivity index (χ0) is 63.3. The van der Waals surface area contributed by atoms with Crippen LogP contribution in [0.3, 0.4) is 0 Å². The van der Waals surface area contributed by atoms with Crippen LogP contribution in [-0.4, -0.2) is 112 Å². The molecule has 3 aromatic rings. The summed E-state index contributed by atoms with van der Waals surface area (Å²) < 4.78 is 107. The molecule has 0 aromatic heterocycles. The minimum atomic E-state index is -4.96. The molecule has 1 atom stereocenters. The number of alkyl carbamates (subject to hydrolysis) is 1. The maximum atomic E-state index is 14.6. The molecule has 1 heterocycles. The molecule has 0 radical (unpaired) electrons. The van der Waals surface area contributed by atoms with Gasteiger partial charge in [-0.2, -0.15) is 45.5 Å². The molecule has 3 aromatic carbocycles. The van der Waals surface area contributed by atoms with Crippen molar-refractivity contribution in [1.29, 1.82) is 0 Å². The zero-order valence-corrected chi connectivity index (χ0v) is 48.5. The average molecular weight is 1190 g/mol. The van der Waals surface area contributed by atoms with Gasteiger partial charge in [-0.15, -0.1) is 0 Å². The largest absolute Gasteiger partial charge is 0.481 e. The van der Waals surface area contributed by atoms with Crippen molar-refractivity contribution >= 4 is 53.5 Å². The van der Waals surface area contributed by atoms with Crippen molar-refractivity contribution in [2.45, 2.75) is 194 Å². The number of hydrogen-bond donors (Lipinski definition) is 1. The third-order valence-electron chi connectivity index (χ3n) is 14.6. The van der Waals surface area contributed by atoms with Crippen molar-refractivity contribution < 1.29 is 93.4 Å². The van der Waals surface area contributed by atoms with Crippen LogP contribution >= 0.6 is 0 Å². The van der Waals surface area contributed by atoms with Gasteiger partial charge in [-0.05, 0) is 105 Å². The third kappa shape index (κ3) is 18.6. The number of anilines is 1. The number of nitrogens with one attached hydrogen (secondary N) is 1. The number of carbonyl (C=O) groups excluding carboxylic acids is 9. The number of benzene rings is 3. The first-order valence-electron chi connectivity index (χ1n) is 27.6. The molecule has 2 aliphatic carbocycles. The Kier molecular flexibility index (Phi) is 26.6. The molecule has 1 unspecified atom stereocenters. The number of nitrogens with zero attached hydrogens (tertiary/aromatic N) is 4. The van der Waals surface area contributed by atoms with Gasteiger partial charge in [0, 0.05) is 49.4 Å². The van der Waals surface area contributed by atoms with Gasteiger partial charge in [0.25, 0.3) is 23.3 Å². The molecule has 20 nitrogen and oxygen atoms in total. The number of alkyl halides is 6. The van der Waals surface area contributed by atoms with Crippen LogP contribution in [0.4, 0.5) is 42.5 Å². The van der Waals surface area contributed by atoms with E-state index < -0.39 is 97.7 Å². The Bertz CT molecular complexity index is 2790. The summed E-state index contributed by atoms with van der Waals surface area (Å²) in [7, 11) is 0. The molecule has 0 saturated heterocycles. The Morgan fingerprint density at radius 3 is 1.65 bits per heavy atom. The fraction of sp³-hybridized carbons (Fsp3) is 0.569. The molecule has 4 amide bonds. The van der Waals surface area contributed by atoms with Crippen molar-refractivity contribution in [3.63, 3.8) is 0 Å². The fourth-order valence-electron chi connectivity index (χ4n) is 10.1. The minimum absolute atomic E-state index is 0.00798. The van der Waals surface area contributed by atoms with E-state index in [9.17, 15) is 60.4 Å². The van der Waals surface area contributed by atoms with E-state index in [2.05, 4.69) is 5.32 Å². The fourth-order valence-corrected chi connectivity index (χ4v) is 10.1. The lowest BCUT2D eigenvalue weighted by Crippen LogP contribution is -2.60. The number of carbonyl (C=O) groups is 5. The number of ether oxygens (including phenoxy) is 4. The summed E-state index contributed by atoms with van der Waals surface area (Å²) in [6.45, 7) is 14.3. The monoisotopic (exact) mass is 1190 g/mol. The molecule has 26 heteroatoms. The predicted molar refractivity (Wildman–Crippen MR) is 288 cm³/mol. The van der Waals surface area contributed by atoms with Gasteiger partial charge in [0.15, 0.2) is 5.75 Å². The topological polar surface area (TPSA) is 255 Å². The lowest BCUT2D eigenvalue weighted by Gasteiger charge is -2.40. The van der Waals surface area contributed by atoms with E-state index in [1.807, 2.05) is 6.07 Å². The Labute approximate surface area is 483 Å². The second-order valence-corrected chi connectivity index (χ2v) is 20.9. The average Bonchev–Trinajstić information content (AvgIpc) is 1.17. The molecular formula is C58H73F6N5O15. The first-order valence-corrected chi connectivity index (χ1v) is 27.6. The second kappa shape index (κ2) is 31.7. The molecule has 84 heavy (non-hydrogen) atoms. The molecule has 2 fully saturated rings. The molecule has 0 spiro atoms. The smallest absolute Gasteiger partial charge is 0.417 e. The van der Waals surface area contributed by atoms with Crippen LogP contribution in [0.1, 0.15) is 177 Å². The summed E-state index contributed by atoms with van der Waals surface area (Å²) in [5.74, 6) is -4.57. The van der Waals surface area contributed by atoms with Gasteiger partial charge in [0.05, 0.1) is 39.5 Å². The van der Waals surface area contributed by atoms with Crippen LogP contribution < -0.4 is 19.7 Å². The standard InChI is InChI=1S/C33H40F3N3O7.C23H33F3N2O4.2CO2/c1-5-44-30(42)32(4)29(41)38(17-16-37-31(43)45-20-22-12-8-6-9-13-22)26-18-24(25(33(34,35)36)19-27(26)46-32)28(40)39(21(2)3)23-14-10-7-11-15-23;1-6-22(5,7-2)32-20-14-18(23(24,25)26)17(13-19(20)28(30)31)21(29)27(15(3)4)16-11-9-8-10-12-16;2*2-1-3/h6,8-9,12-13,18-19,21,23H,5,7,10-11,14-17,20H2,1-4H3,(H,37,43);13-16H,6-12H2,1-5H3;;. The van der Waals surface area contributed by atoms with Gasteiger partial charge in [0.2, 0.25) is 0 Å². The Hall–Kier alpha value is -7.85. The van der Waals surface area contributed by atoms with Crippen molar-refractivity contribution in [3.8, 4) is 11.5 Å². The Balaban J connectivity index is 0.000000424. The molecule has 462 valence electrons. The number of nitro benzene ring substituents is 1. The third-order valence-corrected chi connectivity index (χ3v) is 14.6. The lowest BCUT2D eigenvalue weighted by atomic mass is 9.92. The summed E-state index contributed by atoms with van der Waals surface area (Å²) in [6.07, 6.45) is -0.932. The molecule has 1 N–H and O–H groups in total. The number of halogens is 6. The highest BCUT2D eigenvalue weighted by Gasteiger charge is 2.53. The van der Waals surface area contributed by atoms with E-state index in [1.165, 1.54) is 16.7 Å². The first kappa shape index (κ1) is 70.4. The number of esters is 1. The van der Waals surface area contributed by atoms with Gasteiger partial charge < -0.3 is 39.0 Å². The zero-order valence-electron chi connectivity index (χ0n) is 48.5. The van der Waals surface area contributed by atoms with Crippen LogP contribution in [0.25, 0.3) is 0 Å². The number of amides is 4. The van der Waals surface area contributed by atoms with Crippen LogP contribution in [0.15, 0.2) is 54.6 Å². The summed E-state index contributed by atoms with van der Waals surface area (Å²) >= 11 is 0. The highest BCUT2D eigenvalue weighted by Crippen LogP contribution is 2.46. The van der Waals surface area contributed by atoms with Crippen LogP contribution in [-0.2, 0) is 57.2 Å². The van der Waals surface area contributed by atoms with Crippen molar-refractivity contribution in [2.75, 3.05) is 24.6 Å². The molecule has 0 bridgehead atoms. The van der Waals surface area contributed by atoms with E-state index >= 15 is 0 Å². The van der Waals surface area contributed by atoms with E-state index in [1.54, 1.807) is 72.7 Å². The van der Waals surface area contributed by atoms with Crippen molar-refractivity contribution in [2.24, 2.45) is 0 Å². The summed E-state index contributed by atoms with van der Waals surface area (Å²) in [4.78, 5) is 114. The molecule has 2 saturated carbocycles. The minimum Gasteiger partial charge on any atom is -0.481 e. The second-order valence-electron chi connectivity index (χ2n) is 20.9. The van der Waals surface area contributed by atoms with Crippen LogP contribution in [0, 0.1) is 10.1 Å². The van der Waals surface area contributed by atoms with Crippen LogP contribution in [0.5, 0.6) is 11.5 Å². The number of fused-ring (bicyclic) bond motifs is 1. The molecule has 3 aliphatic rings. The van der Waals surface area contributed by atoms with Gasteiger partial charge in [-0.25, -0.2) is 9.59 Å². The summed E-state index contributed by atoms with van der Waals surface area (Å²) in [5, 5.41) is 14.3. The predicted octanol–water partition coefficient (Wildman–Crippen LogP) is 11.4. The van der Waals surface area contributed by atoms with Gasteiger partial charge in [-0.1, -0.05) is 82.7 Å². The Morgan fingerprint density at radius 2 is 1.23 bits per heavy atom. The van der Waals surface area contributed by atoms with E-state index in [0.29, 0.717) is 50.7 Å². The van der Waals surface area contributed by atoms with Gasteiger partial charge in [0.1, 0.15) is 18.0 Å². The van der Waals surface area contributed by atoms with E-state index in [4.69, 9.17) is 38.1 Å². The maximum Gasteiger partial charge on any atom is 0.417 e. The van der Waals surface area contributed by atoms with Crippen molar-refractivity contribution in [3.05, 3.63) is 92.5 Å². The molecular weight excluding hydrogens is 1120 g/mol. The highest BCUT2D eigenvalue weighted by atomic mass is 19.4. The molecule has 1 aliphatic heterocycles. The lowest BCUT2D eigenvalue weighted by molar-refractivity contribution is -0.386. The number of hydrogen-bond acceptors (Lipinski definition) is 15. The van der Waals surface area contributed by atoms with Gasteiger partial charge in [-0.3, -0.25) is 24.5 Å². The quantitative estimate of drug-likeness (QED) is 0.0408. The van der Waals surface area contributed by atoms with Crippen LogP contribution in [0.2, 0.25) is 0 Å². The molecule has 6 rings (SSSR count). The SMILES string of the molecule is CCC(C)(CC)Oc1cc(C(F)(F)F)c(C(=O)N(C(C)C)C2CCCCC2)cc1[N+](=O)[O-].CCOC(=O)C1(C)Oc2cc(C(F)(F)F)c(C(=O)N(C(C)C)C3CCCCC3)cc2N(CCNC(=O)OCc2ccccc2)C1=O.O=C=O.O=C=O. The summed E-state index contributed by atoms with van der Waals surface area (Å²) in [5.41, 5.74) is -7.02. The number of rotatable bonds is 18. The van der Waals surface area contributed by atoms with E-state index in [-0.39, 0.29) is 68.5 Å². The van der Waals surface area contributed by atoms with E-state index in [0.717, 1.165) is 68.0 Å². The Morgan fingerprint density at radius 1 is 0.762 bits per heavy atom. The normalized spacial score (nSPS) is 16.2. The maximum absolute atomic E-state index is 14.6. The van der Waals surface area contributed by atoms with Gasteiger partial charge >= 0.3 is 42.4 Å². The van der Waals surface area contributed by atoms with Crippen molar-refractivity contribution in [1.82, 2.24) is 15.1 Å². The number of nitro groups is 1.